The molecule has 5 aliphatic carbocycles. The molecule has 0 aromatic heterocycles. The van der Waals surface area contributed by atoms with Gasteiger partial charge in [0.2, 0.25) is 0 Å². The summed E-state index contributed by atoms with van der Waals surface area (Å²) in [6, 6.07) is 0. The van der Waals surface area contributed by atoms with Crippen LogP contribution in [0, 0.1) is 50.7 Å². The SMILES string of the molecule is CC(C)=CC(=O)C[C@@H](C)[C@H]1CC[C@@]2(C)[C@@H]3CCC4[C@@]5(CC[C@H](OS(=O)(=O)O)[C@@]4(C)CO)C[C@@]35CC[C@]12C. The fraction of sp³-hybridized carbons (Fsp3) is 0.900. The fourth-order valence-electron chi connectivity index (χ4n) is 11.5. The zero-order valence-electron chi connectivity index (χ0n) is 23.7. The normalized spacial score (nSPS) is 49.2. The van der Waals surface area contributed by atoms with Gasteiger partial charge < -0.3 is 5.11 Å². The molecule has 7 heteroatoms. The van der Waals surface area contributed by atoms with E-state index in [1.807, 2.05) is 20.8 Å². The van der Waals surface area contributed by atoms with Crippen molar-refractivity contribution in [2.45, 2.75) is 112 Å². The molecule has 5 aliphatic rings. The van der Waals surface area contributed by atoms with E-state index in [0.717, 1.165) is 24.8 Å². The van der Waals surface area contributed by atoms with E-state index in [4.69, 9.17) is 4.18 Å². The highest BCUT2D eigenvalue weighted by molar-refractivity contribution is 7.80. The number of carbonyl (C=O) groups excluding carboxylic acids is 1. The van der Waals surface area contributed by atoms with Gasteiger partial charge >= 0.3 is 10.4 Å². The zero-order valence-corrected chi connectivity index (χ0v) is 24.5. The Hall–Kier alpha value is -0.760. The Morgan fingerprint density at radius 1 is 0.973 bits per heavy atom. The molecule has 0 aliphatic heterocycles. The third-order valence-electron chi connectivity index (χ3n) is 13.2. The molecular weight excluding hydrogens is 488 g/mol. The molecule has 210 valence electrons. The predicted molar refractivity (Wildman–Crippen MR) is 143 cm³/mol. The van der Waals surface area contributed by atoms with E-state index in [-0.39, 0.29) is 40.0 Å². The number of hydrogen-bond donors (Lipinski definition) is 2. The average molecular weight is 537 g/mol. The largest absolute Gasteiger partial charge is 0.397 e. The van der Waals surface area contributed by atoms with Gasteiger partial charge in [0.25, 0.3) is 0 Å². The molecule has 6 nitrogen and oxygen atoms in total. The van der Waals surface area contributed by atoms with Crippen LogP contribution in [-0.4, -0.2) is 36.6 Å². The molecule has 0 aromatic carbocycles. The number of ketones is 1. The lowest BCUT2D eigenvalue weighted by Gasteiger charge is -2.63. The van der Waals surface area contributed by atoms with Gasteiger partial charge in [-0.25, -0.2) is 4.18 Å². The second-order valence-corrected chi connectivity index (χ2v) is 15.8. The van der Waals surface area contributed by atoms with Crippen LogP contribution in [0.1, 0.15) is 106 Å². The van der Waals surface area contributed by atoms with Crippen molar-refractivity contribution in [2.75, 3.05) is 6.61 Å². The molecule has 0 bridgehead atoms. The molecule has 0 amide bonds. The Morgan fingerprint density at radius 3 is 2.24 bits per heavy atom. The van der Waals surface area contributed by atoms with Gasteiger partial charge in [-0.15, -0.1) is 0 Å². The number of aliphatic hydroxyl groups excluding tert-OH is 1. The van der Waals surface area contributed by atoms with Gasteiger partial charge in [-0.05, 0) is 123 Å². The van der Waals surface area contributed by atoms with E-state index in [1.165, 1.54) is 32.1 Å². The van der Waals surface area contributed by atoms with Crippen LogP contribution in [-0.2, 0) is 19.4 Å². The standard InChI is InChI=1S/C30H48O6S/c1-19(2)15-21(32)16-20(3)22-9-11-28(6)24-8-7-23-26(4,18-31)25(36-37(33,34)35)10-12-29(23)17-30(24,29)14-13-27(22,28)5/h15,20,22-25,31H,7-14,16-18H2,1-6H3,(H,33,34,35)/t20-,22-,23?,24+,25+,26+,27-,28+,29-,30+/m1/s1. The summed E-state index contributed by atoms with van der Waals surface area (Å²) in [6.45, 7) is 13.2. The number of rotatable bonds is 7. The summed E-state index contributed by atoms with van der Waals surface area (Å²) in [4.78, 5) is 12.6. The highest BCUT2D eigenvalue weighted by atomic mass is 32.3. The van der Waals surface area contributed by atoms with E-state index in [1.54, 1.807) is 6.08 Å². The number of hydrogen-bond acceptors (Lipinski definition) is 5. The third kappa shape index (κ3) is 3.80. The first-order valence-corrected chi connectivity index (χ1v) is 15.9. The van der Waals surface area contributed by atoms with Gasteiger partial charge in [-0.1, -0.05) is 33.3 Å². The summed E-state index contributed by atoms with van der Waals surface area (Å²) >= 11 is 0. The summed E-state index contributed by atoms with van der Waals surface area (Å²) in [5, 5.41) is 10.6. The van der Waals surface area contributed by atoms with Gasteiger partial charge in [0.05, 0.1) is 12.7 Å². The Kier molecular flexibility index (Phi) is 6.47. The monoisotopic (exact) mass is 536 g/mol. The second-order valence-electron chi connectivity index (χ2n) is 14.7. The van der Waals surface area contributed by atoms with Crippen LogP contribution in [0.15, 0.2) is 11.6 Å². The molecule has 5 fully saturated rings. The van der Waals surface area contributed by atoms with Crippen LogP contribution in [0.3, 0.4) is 0 Å². The van der Waals surface area contributed by atoms with Crippen LogP contribution < -0.4 is 0 Å². The van der Waals surface area contributed by atoms with Gasteiger partial charge in [-0.2, -0.15) is 8.42 Å². The van der Waals surface area contributed by atoms with Gasteiger partial charge in [-0.3, -0.25) is 9.35 Å². The maximum absolute atomic E-state index is 12.6. The Morgan fingerprint density at radius 2 is 1.62 bits per heavy atom. The number of fused-ring (bicyclic) bond motifs is 2. The second kappa shape index (κ2) is 8.62. The van der Waals surface area contributed by atoms with Crippen molar-refractivity contribution in [3.63, 3.8) is 0 Å². The molecule has 1 unspecified atom stereocenters. The first kappa shape index (κ1) is 27.8. The lowest BCUT2D eigenvalue weighted by atomic mass is 9.41. The van der Waals surface area contributed by atoms with Gasteiger partial charge in [0, 0.05) is 11.8 Å². The topological polar surface area (TPSA) is 101 Å². The van der Waals surface area contributed by atoms with Crippen molar-refractivity contribution < 1.29 is 27.1 Å². The summed E-state index contributed by atoms with van der Waals surface area (Å²) in [7, 11) is -4.57. The first-order valence-electron chi connectivity index (χ1n) is 14.5. The third-order valence-corrected chi connectivity index (χ3v) is 13.6. The lowest BCUT2D eigenvalue weighted by molar-refractivity contribution is -0.170. The molecule has 2 spiro atoms. The predicted octanol–water partition coefficient (Wildman–Crippen LogP) is 6.15. The molecular formula is C30H48O6S. The minimum absolute atomic E-state index is 0.130. The van der Waals surface area contributed by atoms with Gasteiger partial charge in [0.15, 0.2) is 5.78 Å². The van der Waals surface area contributed by atoms with Crippen LogP contribution in [0.4, 0.5) is 0 Å². The Labute approximate surface area is 224 Å². The lowest BCUT2D eigenvalue weighted by Crippen LogP contribution is -2.59. The number of allylic oxidation sites excluding steroid dienone is 2. The summed E-state index contributed by atoms with van der Waals surface area (Å²) < 4.78 is 37.8. The van der Waals surface area contributed by atoms with Crippen molar-refractivity contribution in [2.24, 2.45) is 50.7 Å². The van der Waals surface area contributed by atoms with Crippen molar-refractivity contribution >= 4 is 16.2 Å². The minimum Gasteiger partial charge on any atom is -0.396 e. The van der Waals surface area contributed by atoms with Crippen molar-refractivity contribution in [3.8, 4) is 0 Å². The minimum atomic E-state index is -4.57. The Bertz CT molecular complexity index is 1100. The maximum atomic E-state index is 12.6. The smallest absolute Gasteiger partial charge is 0.396 e. The van der Waals surface area contributed by atoms with Crippen LogP contribution in [0.5, 0.6) is 0 Å². The van der Waals surface area contributed by atoms with E-state index in [9.17, 15) is 22.9 Å². The van der Waals surface area contributed by atoms with Crippen molar-refractivity contribution in [3.05, 3.63) is 11.6 Å². The number of carbonyl (C=O) groups is 1. The van der Waals surface area contributed by atoms with Crippen molar-refractivity contribution in [1.82, 2.24) is 0 Å². The first-order chi connectivity index (χ1) is 17.1. The quantitative estimate of drug-likeness (QED) is 0.299. The molecule has 0 aromatic rings. The molecule has 0 saturated heterocycles. The highest BCUT2D eigenvalue weighted by Crippen LogP contribution is 2.89. The zero-order chi connectivity index (χ0) is 27.2. The molecule has 2 N–H and O–H groups in total. The van der Waals surface area contributed by atoms with E-state index in [0.29, 0.717) is 30.6 Å². The summed E-state index contributed by atoms with van der Waals surface area (Å²) in [5.74, 6) is 2.01. The molecule has 37 heavy (non-hydrogen) atoms. The summed E-state index contributed by atoms with van der Waals surface area (Å²) in [6.07, 6.45) is 11.3. The maximum Gasteiger partial charge on any atom is 0.397 e. The molecule has 5 saturated carbocycles. The molecule has 5 rings (SSSR count). The van der Waals surface area contributed by atoms with E-state index >= 15 is 0 Å². The van der Waals surface area contributed by atoms with Crippen LogP contribution in [0.25, 0.3) is 0 Å². The molecule has 0 heterocycles. The van der Waals surface area contributed by atoms with E-state index in [2.05, 4.69) is 20.8 Å². The highest BCUT2D eigenvalue weighted by Gasteiger charge is 2.82. The van der Waals surface area contributed by atoms with Crippen molar-refractivity contribution in [1.29, 1.82) is 0 Å². The summed E-state index contributed by atoms with van der Waals surface area (Å²) in [5.41, 5.74) is 1.24. The Balaban J connectivity index is 1.41. The number of aliphatic hydroxyl groups is 1. The van der Waals surface area contributed by atoms with Crippen LogP contribution >= 0.6 is 0 Å². The average Bonchev–Trinajstić information content (AvgIpc) is 3.36. The van der Waals surface area contributed by atoms with Crippen LogP contribution in [0.2, 0.25) is 0 Å². The molecule has 0 radical (unpaired) electrons. The fourth-order valence-corrected chi connectivity index (χ4v) is 12.1. The molecule has 10 atom stereocenters. The van der Waals surface area contributed by atoms with Gasteiger partial charge in [0.1, 0.15) is 0 Å². The van der Waals surface area contributed by atoms with E-state index < -0.39 is 21.9 Å².